The molecular weight excluding hydrogens is 176 g/mol. The van der Waals surface area contributed by atoms with Gasteiger partial charge in [-0.2, -0.15) is 0 Å². The van der Waals surface area contributed by atoms with Crippen molar-refractivity contribution < 1.29 is 4.42 Å². The summed E-state index contributed by atoms with van der Waals surface area (Å²) < 4.78 is 5.47. The summed E-state index contributed by atoms with van der Waals surface area (Å²) in [6.07, 6.45) is 6.52. The Balaban J connectivity index is 2.12. The lowest BCUT2D eigenvalue weighted by Crippen LogP contribution is -2.14. The van der Waals surface area contributed by atoms with Crippen molar-refractivity contribution in [3.8, 4) is 0 Å². The first-order valence-electron chi connectivity index (χ1n) is 5.51. The van der Waals surface area contributed by atoms with Crippen molar-refractivity contribution in [1.82, 2.24) is 10.3 Å². The van der Waals surface area contributed by atoms with Gasteiger partial charge in [-0.05, 0) is 13.0 Å². The van der Waals surface area contributed by atoms with E-state index < -0.39 is 0 Å². The smallest absolute Gasteiger partial charge is 0.208 e. The molecule has 0 amide bonds. The molecule has 1 rings (SSSR count). The van der Waals surface area contributed by atoms with Crippen LogP contribution in [0, 0.1) is 0 Å². The number of aromatic nitrogens is 1. The number of unbranched alkanes of at least 4 members (excludes halogenated alkanes) is 2. The molecule has 3 nitrogen and oxygen atoms in total. The Morgan fingerprint density at radius 2 is 2.21 bits per heavy atom. The number of nitrogens with one attached hydrogen (secondary N) is 1. The third-order valence-electron chi connectivity index (χ3n) is 2.18. The van der Waals surface area contributed by atoms with Crippen LogP contribution >= 0.6 is 0 Å². The molecule has 1 aromatic heterocycles. The molecule has 0 aromatic carbocycles. The first kappa shape index (κ1) is 11.2. The Morgan fingerprint density at radius 3 is 2.86 bits per heavy atom. The maximum Gasteiger partial charge on any atom is 0.208 e. The SMILES string of the molecule is CCCCCNCc1ncc(CC)o1. The fraction of sp³-hybridized carbons (Fsp3) is 0.727. The van der Waals surface area contributed by atoms with E-state index in [0.29, 0.717) is 0 Å². The van der Waals surface area contributed by atoms with Crippen molar-refractivity contribution in [3.63, 3.8) is 0 Å². The second kappa shape index (κ2) is 6.60. The molecule has 0 aliphatic carbocycles. The average molecular weight is 196 g/mol. The van der Waals surface area contributed by atoms with Crippen molar-refractivity contribution in [1.29, 1.82) is 0 Å². The number of hydrogen-bond donors (Lipinski definition) is 1. The predicted octanol–water partition coefficient (Wildman–Crippen LogP) is 2.52. The maximum absolute atomic E-state index is 5.47. The summed E-state index contributed by atoms with van der Waals surface area (Å²) in [6, 6.07) is 0. The number of aryl methyl sites for hydroxylation is 1. The number of oxazole rings is 1. The topological polar surface area (TPSA) is 38.1 Å². The van der Waals surface area contributed by atoms with E-state index in [1.165, 1.54) is 19.3 Å². The summed E-state index contributed by atoms with van der Waals surface area (Å²) in [6.45, 7) is 6.09. The molecule has 0 unspecified atom stereocenters. The zero-order chi connectivity index (χ0) is 10.2. The molecule has 1 heterocycles. The summed E-state index contributed by atoms with van der Waals surface area (Å²) in [5, 5.41) is 3.32. The highest BCUT2D eigenvalue weighted by molar-refractivity contribution is 4.93. The van der Waals surface area contributed by atoms with Crippen molar-refractivity contribution in [2.45, 2.75) is 46.1 Å². The normalized spacial score (nSPS) is 10.7. The highest BCUT2D eigenvalue weighted by Crippen LogP contribution is 2.03. The molecule has 0 bridgehead atoms. The van der Waals surface area contributed by atoms with Crippen molar-refractivity contribution >= 4 is 0 Å². The minimum Gasteiger partial charge on any atom is -0.444 e. The van der Waals surface area contributed by atoms with Crippen molar-refractivity contribution in [2.24, 2.45) is 0 Å². The summed E-state index contributed by atoms with van der Waals surface area (Å²) in [7, 11) is 0. The van der Waals surface area contributed by atoms with E-state index in [1.807, 2.05) is 6.20 Å². The van der Waals surface area contributed by atoms with Crippen LogP contribution < -0.4 is 5.32 Å². The van der Waals surface area contributed by atoms with Crippen LogP contribution in [-0.4, -0.2) is 11.5 Å². The number of nitrogens with zero attached hydrogens (tertiary/aromatic N) is 1. The minimum atomic E-state index is 0.754. The second-order valence-corrected chi connectivity index (χ2v) is 3.46. The van der Waals surface area contributed by atoms with Crippen LogP contribution in [0.1, 0.15) is 44.8 Å². The van der Waals surface area contributed by atoms with E-state index in [0.717, 1.165) is 31.2 Å². The molecule has 0 saturated carbocycles. The van der Waals surface area contributed by atoms with E-state index in [2.05, 4.69) is 24.1 Å². The fourth-order valence-electron chi connectivity index (χ4n) is 1.29. The quantitative estimate of drug-likeness (QED) is 0.681. The fourth-order valence-corrected chi connectivity index (χ4v) is 1.29. The van der Waals surface area contributed by atoms with Gasteiger partial charge in [0, 0.05) is 6.42 Å². The van der Waals surface area contributed by atoms with Crippen molar-refractivity contribution in [3.05, 3.63) is 17.8 Å². The summed E-state index contributed by atoms with van der Waals surface area (Å²) in [5.41, 5.74) is 0. The predicted molar refractivity (Wildman–Crippen MR) is 57.1 cm³/mol. The van der Waals surface area contributed by atoms with Gasteiger partial charge in [0.25, 0.3) is 0 Å². The summed E-state index contributed by atoms with van der Waals surface area (Å²) >= 11 is 0. The van der Waals surface area contributed by atoms with Crippen molar-refractivity contribution in [2.75, 3.05) is 6.54 Å². The minimum absolute atomic E-state index is 0.754. The van der Waals surface area contributed by atoms with Gasteiger partial charge in [-0.3, -0.25) is 0 Å². The van der Waals surface area contributed by atoms with Gasteiger partial charge in [0.05, 0.1) is 12.7 Å². The van der Waals surface area contributed by atoms with Gasteiger partial charge in [0.2, 0.25) is 5.89 Å². The Bertz CT molecular complexity index is 245. The first-order valence-corrected chi connectivity index (χ1v) is 5.51. The molecule has 14 heavy (non-hydrogen) atoms. The van der Waals surface area contributed by atoms with Gasteiger partial charge in [0.15, 0.2) is 0 Å². The lowest BCUT2D eigenvalue weighted by atomic mass is 10.2. The molecule has 0 spiro atoms. The molecule has 0 radical (unpaired) electrons. The van der Waals surface area contributed by atoms with Crippen LogP contribution in [-0.2, 0) is 13.0 Å². The highest BCUT2D eigenvalue weighted by Gasteiger charge is 2.00. The number of rotatable bonds is 7. The van der Waals surface area contributed by atoms with Crippen LogP contribution in [0.2, 0.25) is 0 Å². The molecule has 0 aliphatic rings. The average Bonchev–Trinajstić information content (AvgIpc) is 2.65. The lowest BCUT2D eigenvalue weighted by Gasteiger charge is -2.00. The molecule has 80 valence electrons. The molecule has 3 heteroatoms. The molecule has 0 saturated heterocycles. The van der Waals surface area contributed by atoms with Crippen LogP contribution in [0.3, 0.4) is 0 Å². The largest absolute Gasteiger partial charge is 0.444 e. The van der Waals surface area contributed by atoms with Crippen LogP contribution in [0.15, 0.2) is 10.6 Å². The van der Waals surface area contributed by atoms with Gasteiger partial charge in [-0.1, -0.05) is 26.7 Å². The summed E-state index contributed by atoms with van der Waals surface area (Å²) in [4.78, 5) is 4.18. The molecule has 1 N–H and O–H groups in total. The molecule has 0 fully saturated rings. The molecule has 0 atom stereocenters. The molecular formula is C11H20N2O. The standard InChI is InChI=1S/C11H20N2O/c1-3-5-6-7-12-9-11-13-8-10(4-2)14-11/h8,12H,3-7,9H2,1-2H3. The van der Waals surface area contributed by atoms with Gasteiger partial charge in [0.1, 0.15) is 5.76 Å². The van der Waals surface area contributed by atoms with Gasteiger partial charge < -0.3 is 9.73 Å². The maximum atomic E-state index is 5.47. The third-order valence-corrected chi connectivity index (χ3v) is 2.18. The summed E-state index contributed by atoms with van der Waals surface area (Å²) in [5.74, 6) is 1.77. The van der Waals surface area contributed by atoms with Gasteiger partial charge in [-0.15, -0.1) is 0 Å². The molecule has 1 aromatic rings. The molecule has 0 aliphatic heterocycles. The van der Waals surface area contributed by atoms with Crippen LogP contribution in [0.5, 0.6) is 0 Å². The highest BCUT2D eigenvalue weighted by atomic mass is 16.4. The van der Waals surface area contributed by atoms with E-state index in [-0.39, 0.29) is 0 Å². The van der Waals surface area contributed by atoms with E-state index >= 15 is 0 Å². The van der Waals surface area contributed by atoms with Gasteiger partial charge >= 0.3 is 0 Å². The third kappa shape index (κ3) is 3.92. The Morgan fingerprint density at radius 1 is 1.36 bits per heavy atom. The zero-order valence-corrected chi connectivity index (χ0v) is 9.18. The zero-order valence-electron chi connectivity index (χ0n) is 9.18. The van der Waals surface area contributed by atoms with Crippen LogP contribution in [0.25, 0.3) is 0 Å². The van der Waals surface area contributed by atoms with E-state index in [4.69, 9.17) is 4.42 Å². The lowest BCUT2D eigenvalue weighted by molar-refractivity contribution is 0.437. The van der Waals surface area contributed by atoms with E-state index in [1.54, 1.807) is 0 Å². The number of hydrogen-bond acceptors (Lipinski definition) is 3. The van der Waals surface area contributed by atoms with E-state index in [9.17, 15) is 0 Å². The monoisotopic (exact) mass is 196 g/mol. The Labute approximate surface area is 85.9 Å². The Kier molecular flexibility index (Phi) is 5.30. The Hall–Kier alpha value is -0.830. The second-order valence-electron chi connectivity index (χ2n) is 3.46. The van der Waals surface area contributed by atoms with Crippen LogP contribution in [0.4, 0.5) is 0 Å². The first-order chi connectivity index (χ1) is 6.86. The van der Waals surface area contributed by atoms with Gasteiger partial charge in [-0.25, -0.2) is 4.98 Å².